The standard InChI is InChI=1S/C20H18N2O4S2/c1-3-28(24,25)22-13-6-4-12(5-7-13)17-16(26-2)9-8-15-18(17)14-10-11-27-19(14)20(23)21-15/h4-11,22H,3H2,1-2H3,(H,21,23). The lowest BCUT2D eigenvalue weighted by atomic mass is 9.97. The number of sulfonamides is 1. The van der Waals surface area contributed by atoms with Crippen LogP contribution in [0.5, 0.6) is 5.75 Å². The van der Waals surface area contributed by atoms with Gasteiger partial charge in [0.1, 0.15) is 10.4 Å². The molecule has 0 aliphatic heterocycles. The van der Waals surface area contributed by atoms with Gasteiger partial charge >= 0.3 is 0 Å². The topological polar surface area (TPSA) is 88.3 Å². The number of pyridine rings is 1. The van der Waals surface area contributed by atoms with E-state index >= 15 is 0 Å². The number of thiophene rings is 1. The molecule has 0 spiro atoms. The molecule has 0 radical (unpaired) electrons. The monoisotopic (exact) mass is 414 g/mol. The van der Waals surface area contributed by atoms with Gasteiger partial charge in [-0.2, -0.15) is 0 Å². The van der Waals surface area contributed by atoms with E-state index in [9.17, 15) is 13.2 Å². The van der Waals surface area contributed by atoms with Crippen molar-refractivity contribution in [2.45, 2.75) is 6.92 Å². The number of aromatic amines is 1. The molecule has 0 atom stereocenters. The summed E-state index contributed by atoms with van der Waals surface area (Å²) >= 11 is 1.40. The van der Waals surface area contributed by atoms with Gasteiger partial charge in [-0.15, -0.1) is 11.3 Å². The van der Waals surface area contributed by atoms with Crippen molar-refractivity contribution < 1.29 is 13.2 Å². The molecule has 4 aromatic rings. The third kappa shape index (κ3) is 3.14. The van der Waals surface area contributed by atoms with E-state index in [4.69, 9.17) is 4.74 Å². The van der Waals surface area contributed by atoms with Gasteiger partial charge in [0.2, 0.25) is 10.0 Å². The smallest absolute Gasteiger partial charge is 0.266 e. The van der Waals surface area contributed by atoms with Crippen LogP contribution < -0.4 is 15.0 Å². The lowest BCUT2D eigenvalue weighted by Gasteiger charge is -2.14. The van der Waals surface area contributed by atoms with Crippen molar-refractivity contribution in [3.63, 3.8) is 0 Å². The third-order valence-electron chi connectivity index (χ3n) is 4.60. The fraction of sp³-hybridized carbons (Fsp3) is 0.150. The SMILES string of the molecule is CCS(=O)(=O)Nc1ccc(-c2c(OC)ccc3[nH]c(=O)c4sccc4c23)cc1. The predicted molar refractivity (Wildman–Crippen MR) is 115 cm³/mol. The Balaban J connectivity index is 1.95. The first kappa shape index (κ1) is 18.5. The summed E-state index contributed by atoms with van der Waals surface area (Å²) in [6.07, 6.45) is 0. The van der Waals surface area contributed by atoms with Crippen LogP contribution in [-0.4, -0.2) is 26.3 Å². The van der Waals surface area contributed by atoms with Crippen LogP contribution in [0, 0.1) is 0 Å². The van der Waals surface area contributed by atoms with E-state index in [-0.39, 0.29) is 11.3 Å². The van der Waals surface area contributed by atoms with Crippen LogP contribution in [-0.2, 0) is 10.0 Å². The van der Waals surface area contributed by atoms with Crippen molar-refractivity contribution in [2.75, 3.05) is 17.6 Å². The number of anilines is 1. The molecule has 0 saturated heterocycles. The number of benzene rings is 2. The number of fused-ring (bicyclic) bond motifs is 3. The molecule has 8 heteroatoms. The molecular formula is C20H18N2O4S2. The predicted octanol–water partition coefficient (Wildman–Crippen LogP) is 4.18. The third-order valence-corrected chi connectivity index (χ3v) is 6.82. The van der Waals surface area contributed by atoms with Crippen LogP contribution in [0.2, 0.25) is 0 Å². The number of rotatable bonds is 5. The van der Waals surface area contributed by atoms with E-state index in [1.807, 2.05) is 35.7 Å². The number of nitrogens with one attached hydrogen (secondary N) is 2. The molecule has 0 fully saturated rings. The zero-order valence-corrected chi connectivity index (χ0v) is 16.9. The lowest BCUT2D eigenvalue weighted by Crippen LogP contribution is -2.14. The lowest BCUT2D eigenvalue weighted by molar-refractivity contribution is 0.417. The van der Waals surface area contributed by atoms with Gasteiger partial charge < -0.3 is 9.72 Å². The van der Waals surface area contributed by atoms with E-state index < -0.39 is 10.0 Å². The number of ether oxygens (including phenoxy) is 1. The highest BCUT2D eigenvalue weighted by Crippen LogP contribution is 2.40. The van der Waals surface area contributed by atoms with Crippen LogP contribution in [0.25, 0.3) is 32.1 Å². The van der Waals surface area contributed by atoms with Gasteiger partial charge in [-0.25, -0.2) is 8.42 Å². The Bertz CT molecular complexity index is 1340. The second-order valence-corrected chi connectivity index (χ2v) is 9.19. The molecule has 0 aliphatic rings. The highest BCUT2D eigenvalue weighted by Gasteiger charge is 2.16. The summed E-state index contributed by atoms with van der Waals surface area (Å²) in [5, 5.41) is 3.66. The minimum Gasteiger partial charge on any atom is -0.496 e. The van der Waals surface area contributed by atoms with Crippen LogP contribution >= 0.6 is 11.3 Å². The zero-order chi connectivity index (χ0) is 19.9. The summed E-state index contributed by atoms with van der Waals surface area (Å²) < 4.78 is 32.4. The molecule has 0 amide bonds. The summed E-state index contributed by atoms with van der Waals surface area (Å²) in [5.41, 5.74) is 2.82. The number of methoxy groups -OCH3 is 1. The molecule has 4 rings (SSSR count). The van der Waals surface area contributed by atoms with Crippen molar-refractivity contribution in [3.05, 3.63) is 58.2 Å². The highest BCUT2D eigenvalue weighted by molar-refractivity contribution is 7.92. The Labute approximate surface area is 165 Å². The van der Waals surface area contributed by atoms with Crippen LogP contribution in [0.15, 0.2) is 52.6 Å². The quantitative estimate of drug-likeness (QED) is 0.513. The van der Waals surface area contributed by atoms with Crippen molar-refractivity contribution in [1.29, 1.82) is 0 Å². The second-order valence-electron chi connectivity index (χ2n) is 6.27. The van der Waals surface area contributed by atoms with E-state index in [0.717, 1.165) is 27.4 Å². The molecule has 0 aliphatic carbocycles. The van der Waals surface area contributed by atoms with E-state index in [0.29, 0.717) is 16.1 Å². The van der Waals surface area contributed by atoms with Gasteiger partial charge in [0.25, 0.3) is 5.56 Å². The largest absolute Gasteiger partial charge is 0.496 e. The van der Waals surface area contributed by atoms with Gasteiger partial charge in [0.15, 0.2) is 0 Å². The van der Waals surface area contributed by atoms with Crippen molar-refractivity contribution >= 4 is 48.0 Å². The van der Waals surface area contributed by atoms with Gasteiger partial charge in [-0.05, 0) is 48.2 Å². The Kier molecular flexibility index (Phi) is 4.60. The molecular weight excluding hydrogens is 396 g/mol. The molecule has 2 aromatic heterocycles. The molecule has 0 unspecified atom stereocenters. The summed E-state index contributed by atoms with van der Waals surface area (Å²) in [6.45, 7) is 1.59. The maximum Gasteiger partial charge on any atom is 0.266 e. The molecule has 0 bridgehead atoms. The number of hydrogen-bond acceptors (Lipinski definition) is 5. The minimum atomic E-state index is -3.34. The average molecular weight is 415 g/mol. The fourth-order valence-electron chi connectivity index (χ4n) is 3.24. The number of hydrogen-bond donors (Lipinski definition) is 2. The van der Waals surface area contributed by atoms with Crippen molar-refractivity contribution in [1.82, 2.24) is 4.98 Å². The molecule has 6 nitrogen and oxygen atoms in total. The molecule has 2 N–H and O–H groups in total. The van der Waals surface area contributed by atoms with E-state index in [1.165, 1.54) is 11.3 Å². The molecule has 2 heterocycles. The van der Waals surface area contributed by atoms with Gasteiger partial charge in [0.05, 0.1) is 12.9 Å². The minimum absolute atomic E-state index is 0.00932. The van der Waals surface area contributed by atoms with Crippen LogP contribution in [0.3, 0.4) is 0 Å². The average Bonchev–Trinajstić information content (AvgIpc) is 3.18. The van der Waals surface area contributed by atoms with Crippen LogP contribution in [0.1, 0.15) is 6.92 Å². The second kappa shape index (κ2) is 6.96. The first-order valence-electron chi connectivity index (χ1n) is 8.64. The van der Waals surface area contributed by atoms with Crippen molar-refractivity contribution in [2.24, 2.45) is 0 Å². The van der Waals surface area contributed by atoms with Crippen molar-refractivity contribution in [3.8, 4) is 16.9 Å². The fourth-order valence-corrected chi connectivity index (χ4v) is 4.68. The summed E-state index contributed by atoms with van der Waals surface area (Å²) in [4.78, 5) is 15.3. The Hall–Kier alpha value is -2.84. The Morgan fingerprint density at radius 3 is 2.54 bits per heavy atom. The summed E-state index contributed by atoms with van der Waals surface area (Å²) in [7, 11) is -1.73. The van der Waals surface area contributed by atoms with Gasteiger partial charge in [0, 0.05) is 27.5 Å². The Morgan fingerprint density at radius 1 is 1.11 bits per heavy atom. The molecule has 2 aromatic carbocycles. The highest BCUT2D eigenvalue weighted by atomic mass is 32.2. The summed E-state index contributed by atoms with van der Waals surface area (Å²) in [5.74, 6) is 0.684. The van der Waals surface area contributed by atoms with E-state index in [1.54, 1.807) is 26.2 Å². The molecule has 28 heavy (non-hydrogen) atoms. The zero-order valence-electron chi connectivity index (χ0n) is 15.3. The maximum absolute atomic E-state index is 12.3. The van der Waals surface area contributed by atoms with Crippen LogP contribution in [0.4, 0.5) is 5.69 Å². The normalized spacial score (nSPS) is 11.8. The van der Waals surface area contributed by atoms with Gasteiger partial charge in [-0.3, -0.25) is 9.52 Å². The Morgan fingerprint density at radius 2 is 1.86 bits per heavy atom. The first-order chi connectivity index (χ1) is 13.4. The maximum atomic E-state index is 12.3. The first-order valence-corrected chi connectivity index (χ1v) is 11.2. The molecule has 0 saturated carbocycles. The number of H-pyrrole nitrogens is 1. The van der Waals surface area contributed by atoms with Gasteiger partial charge in [-0.1, -0.05) is 12.1 Å². The summed E-state index contributed by atoms with van der Waals surface area (Å²) in [6, 6.07) is 12.7. The van der Waals surface area contributed by atoms with E-state index in [2.05, 4.69) is 9.71 Å². The number of aromatic nitrogens is 1. The molecule has 144 valence electrons.